The summed E-state index contributed by atoms with van der Waals surface area (Å²) in [5.74, 6) is 0.987. The predicted octanol–water partition coefficient (Wildman–Crippen LogP) is 4.66. The van der Waals surface area contributed by atoms with Crippen LogP contribution >= 0.6 is 0 Å². The van der Waals surface area contributed by atoms with Gasteiger partial charge >= 0.3 is 0 Å². The van der Waals surface area contributed by atoms with E-state index in [2.05, 4.69) is 68.2 Å². The molecule has 0 aliphatic carbocycles. The fraction of sp³-hybridized carbons (Fsp3) is 0.364. The SMILES string of the molecule is O=S(=O)(c1ccc(OCC(O)CN2CCN(C/C=C\c3ccccc3)CC2)cc1)c1ccc(OCC(O)CN2CCN(C/C=C/c3ccccc3)CC2)cc1. The maximum atomic E-state index is 13.3. The van der Waals surface area contributed by atoms with Crippen LogP contribution in [-0.4, -0.2) is 142 Å². The maximum Gasteiger partial charge on any atom is 0.206 e. The lowest BCUT2D eigenvalue weighted by molar-refractivity contribution is 0.0481. The number of nitrogens with zero attached hydrogens (tertiary/aromatic N) is 4. The molecule has 55 heavy (non-hydrogen) atoms. The number of hydrogen-bond donors (Lipinski definition) is 2. The van der Waals surface area contributed by atoms with Crippen molar-refractivity contribution in [1.29, 1.82) is 0 Å². The molecule has 2 fully saturated rings. The molecule has 2 unspecified atom stereocenters. The second kappa shape index (κ2) is 20.5. The third-order valence-corrected chi connectivity index (χ3v) is 11.8. The number of hydrogen-bond acceptors (Lipinski definition) is 10. The van der Waals surface area contributed by atoms with E-state index < -0.39 is 22.0 Å². The van der Waals surface area contributed by atoms with Crippen LogP contribution in [0.4, 0.5) is 0 Å². The molecule has 0 spiro atoms. The van der Waals surface area contributed by atoms with Gasteiger partial charge in [-0.25, -0.2) is 8.42 Å². The molecule has 2 aliphatic rings. The van der Waals surface area contributed by atoms with Gasteiger partial charge in [-0.2, -0.15) is 0 Å². The van der Waals surface area contributed by atoms with E-state index in [9.17, 15) is 18.6 Å². The van der Waals surface area contributed by atoms with Gasteiger partial charge in [-0.05, 0) is 59.7 Å². The van der Waals surface area contributed by atoms with Gasteiger partial charge in [0.15, 0.2) is 0 Å². The molecular weight excluding hydrogens is 713 g/mol. The zero-order valence-electron chi connectivity index (χ0n) is 31.5. The Bertz CT molecular complexity index is 1740. The Morgan fingerprint density at radius 1 is 0.509 bits per heavy atom. The van der Waals surface area contributed by atoms with Crippen LogP contribution in [0.5, 0.6) is 11.5 Å². The van der Waals surface area contributed by atoms with Crippen LogP contribution in [0.3, 0.4) is 0 Å². The number of sulfone groups is 1. The minimum Gasteiger partial charge on any atom is -0.491 e. The van der Waals surface area contributed by atoms with Crippen LogP contribution in [0, 0.1) is 0 Å². The largest absolute Gasteiger partial charge is 0.491 e. The van der Waals surface area contributed by atoms with Gasteiger partial charge in [-0.1, -0.05) is 85.0 Å². The first-order valence-corrected chi connectivity index (χ1v) is 20.7. The molecule has 2 heterocycles. The van der Waals surface area contributed by atoms with Crippen LogP contribution in [0.25, 0.3) is 12.2 Å². The summed E-state index contributed by atoms with van der Waals surface area (Å²) in [5.41, 5.74) is 2.40. The van der Waals surface area contributed by atoms with Gasteiger partial charge in [-0.3, -0.25) is 19.6 Å². The molecule has 6 rings (SSSR count). The molecule has 2 atom stereocenters. The number of benzene rings is 4. The monoisotopic (exact) mass is 766 g/mol. The standard InChI is InChI=1S/C44H54N4O6S/c49-39(33-47-29-25-45(26-30-47)23-7-13-37-9-3-1-4-10-37)35-53-41-15-19-43(20-16-41)55(51,52)44-21-17-42(18-22-44)54-36-40(50)34-48-31-27-46(28-32-48)24-8-14-38-11-5-2-6-12-38/h1-22,39-40,49-50H,23-36H2/b13-7-,14-8+. The van der Waals surface area contributed by atoms with Crippen LogP contribution in [0.15, 0.2) is 131 Å². The Morgan fingerprint density at radius 2 is 0.855 bits per heavy atom. The van der Waals surface area contributed by atoms with Gasteiger partial charge in [0.05, 0.1) is 9.79 Å². The Morgan fingerprint density at radius 3 is 1.22 bits per heavy atom. The first kappa shape index (κ1) is 40.3. The van der Waals surface area contributed by atoms with E-state index in [4.69, 9.17) is 9.47 Å². The minimum atomic E-state index is -3.76. The topological polar surface area (TPSA) is 106 Å². The lowest BCUT2D eigenvalue weighted by Crippen LogP contribution is -2.49. The Kier molecular flexibility index (Phi) is 15.1. The summed E-state index contributed by atoms with van der Waals surface area (Å²) < 4.78 is 38.3. The molecule has 0 saturated carbocycles. The van der Waals surface area contributed by atoms with Crippen LogP contribution < -0.4 is 9.47 Å². The Balaban J connectivity index is 0.862. The lowest BCUT2D eigenvalue weighted by Gasteiger charge is -2.35. The number of aliphatic hydroxyl groups excluding tert-OH is 2. The summed E-state index contributed by atoms with van der Waals surface area (Å²) in [6.45, 7) is 10.4. The van der Waals surface area contributed by atoms with Gasteiger partial charge in [0.25, 0.3) is 0 Å². The normalized spacial score (nSPS) is 17.8. The summed E-state index contributed by atoms with van der Waals surface area (Å²) in [6, 6.07) is 33.1. The number of aliphatic hydroxyl groups is 2. The molecule has 4 aromatic rings. The molecule has 4 aromatic carbocycles. The van der Waals surface area contributed by atoms with Crippen molar-refractivity contribution in [3.63, 3.8) is 0 Å². The third-order valence-electron chi connectivity index (χ3n) is 9.97. The summed E-state index contributed by atoms with van der Waals surface area (Å²) in [7, 11) is -3.76. The van der Waals surface area contributed by atoms with E-state index in [1.54, 1.807) is 24.3 Å². The van der Waals surface area contributed by atoms with E-state index in [0.717, 1.165) is 65.4 Å². The fourth-order valence-electron chi connectivity index (χ4n) is 6.77. The second-order valence-electron chi connectivity index (χ2n) is 14.2. The summed E-state index contributed by atoms with van der Waals surface area (Å²) in [4.78, 5) is 9.59. The van der Waals surface area contributed by atoms with Crippen molar-refractivity contribution in [3.05, 3.63) is 132 Å². The maximum absolute atomic E-state index is 13.3. The molecule has 0 radical (unpaired) electrons. The highest BCUT2D eigenvalue weighted by atomic mass is 32.2. The molecule has 0 bridgehead atoms. The van der Waals surface area contributed by atoms with Crippen LogP contribution in [0.2, 0.25) is 0 Å². The molecule has 0 aromatic heterocycles. The average Bonchev–Trinajstić information content (AvgIpc) is 3.22. The van der Waals surface area contributed by atoms with Gasteiger partial charge in [0, 0.05) is 78.5 Å². The van der Waals surface area contributed by atoms with Gasteiger partial charge in [0.2, 0.25) is 9.84 Å². The van der Waals surface area contributed by atoms with Gasteiger partial charge < -0.3 is 19.7 Å². The van der Waals surface area contributed by atoms with Crippen molar-refractivity contribution in [2.75, 3.05) is 91.8 Å². The molecule has 2 aliphatic heterocycles. The van der Waals surface area contributed by atoms with E-state index >= 15 is 0 Å². The van der Waals surface area contributed by atoms with Gasteiger partial charge in [0.1, 0.15) is 36.9 Å². The summed E-state index contributed by atoms with van der Waals surface area (Å²) in [6.07, 6.45) is 7.36. The number of piperazine rings is 2. The number of β-amino-alcohol motifs (C(OH)–C–C–N with tert-alkyl or cyclic N) is 2. The Hall–Kier alpha value is -4.33. The van der Waals surface area contributed by atoms with Crippen molar-refractivity contribution in [1.82, 2.24) is 19.6 Å². The predicted molar refractivity (Wildman–Crippen MR) is 218 cm³/mol. The first-order valence-electron chi connectivity index (χ1n) is 19.2. The van der Waals surface area contributed by atoms with Crippen molar-refractivity contribution in [2.45, 2.75) is 22.0 Å². The highest BCUT2D eigenvalue weighted by molar-refractivity contribution is 7.91. The number of rotatable bonds is 18. The molecule has 2 saturated heterocycles. The second-order valence-corrected chi connectivity index (χ2v) is 16.2. The van der Waals surface area contributed by atoms with Crippen LogP contribution in [0.1, 0.15) is 11.1 Å². The van der Waals surface area contributed by atoms with E-state index in [1.807, 2.05) is 36.4 Å². The molecule has 292 valence electrons. The fourth-order valence-corrected chi connectivity index (χ4v) is 8.03. The zero-order chi connectivity index (χ0) is 38.3. The van der Waals surface area contributed by atoms with Crippen LogP contribution in [-0.2, 0) is 9.84 Å². The van der Waals surface area contributed by atoms with E-state index in [-0.39, 0.29) is 23.0 Å². The smallest absolute Gasteiger partial charge is 0.206 e. The molecule has 11 heteroatoms. The van der Waals surface area contributed by atoms with E-state index in [1.165, 1.54) is 35.4 Å². The molecule has 0 amide bonds. The van der Waals surface area contributed by atoms with Crippen molar-refractivity contribution in [3.8, 4) is 11.5 Å². The molecular formula is C44H54N4O6S. The quantitative estimate of drug-likeness (QED) is 0.149. The van der Waals surface area contributed by atoms with Gasteiger partial charge in [-0.15, -0.1) is 0 Å². The van der Waals surface area contributed by atoms with Crippen molar-refractivity contribution < 1.29 is 28.1 Å². The number of ether oxygens (including phenoxy) is 2. The van der Waals surface area contributed by atoms with Crippen molar-refractivity contribution >= 4 is 22.0 Å². The molecule has 10 nitrogen and oxygen atoms in total. The highest BCUT2D eigenvalue weighted by Crippen LogP contribution is 2.25. The first-order chi connectivity index (χ1) is 26.8. The summed E-state index contributed by atoms with van der Waals surface area (Å²) >= 11 is 0. The zero-order valence-corrected chi connectivity index (χ0v) is 32.3. The third kappa shape index (κ3) is 12.9. The molecule has 2 N–H and O–H groups in total. The summed E-state index contributed by atoms with van der Waals surface area (Å²) in [5, 5.41) is 21.3. The van der Waals surface area contributed by atoms with Crippen molar-refractivity contribution in [2.24, 2.45) is 0 Å². The average molecular weight is 767 g/mol. The Labute approximate surface area is 326 Å². The lowest BCUT2D eigenvalue weighted by atomic mass is 10.2. The van der Waals surface area contributed by atoms with E-state index in [0.29, 0.717) is 24.6 Å². The minimum absolute atomic E-state index is 0.117. The highest BCUT2D eigenvalue weighted by Gasteiger charge is 2.22.